The van der Waals surface area contributed by atoms with Crippen LogP contribution in [-0.2, 0) is 9.47 Å². The fourth-order valence-corrected chi connectivity index (χ4v) is 9.94. The smallest absolute Gasteiger partial charge is 0.192 e. The molecule has 3 saturated carbocycles. The van der Waals surface area contributed by atoms with Crippen LogP contribution < -0.4 is 0 Å². The van der Waals surface area contributed by atoms with E-state index in [9.17, 15) is 20.4 Å². The standard InChI is InChI=1S/C33H54O6/c1-19(2)7-6-8-20(3)24-11-12-25-23-10-9-21-17-22(13-15-32(21,4)26(23)14-16-33(24,25)5)38-31-30(37)29(36)28(35)27(18-34)39-31/h9,19-20,22-27,30-31,34-37H,6-8,10-18H2,1-5H3/t20-,22?,23?,24-,25?,26?,27?,30?,31+,32+,33-/m1/s1. The summed E-state index contributed by atoms with van der Waals surface area (Å²) in [6.45, 7) is 11.9. The van der Waals surface area contributed by atoms with Crippen LogP contribution in [0.3, 0.4) is 0 Å². The third-order valence-electron chi connectivity index (χ3n) is 12.2. The van der Waals surface area contributed by atoms with E-state index in [0.29, 0.717) is 5.41 Å². The van der Waals surface area contributed by atoms with Gasteiger partial charge in [-0.05, 0) is 97.7 Å². The summed E-state index contributed by atoms with van der Waals surface area (Å²) in [5.74, 6) is 3.75. The summed E-state index contributed by atoms with van der Waals surface area (Å²) in [4.78, 5) is 0. The molecule has 0 saturated heterocycles. The van der Waals surface area contributed by atoms with Gasteiger partial charge in [0.2, 0.25) is 0 Å². The number of hydrogen-bond donors (Lipinski definition) is 4. The van der Waals surface area contributed by atoms with E-state index < -0.39 is 36.6 Å². The predicted octanol–water partition coefficient (Wildman–Crippen LogP) is 6.82. The summed E-state index contributed by atoms with van der Waals surface area (Å²) in [6, 6.07) is 0. The molecule has 5 rings (SSSR count). The van der Waals surface area contributed by atoms with E-state index in [0.717, 1.165) is 54.8 Å². The van der Waals surface area contributed by atoms with Crippen molar-refractivity contribution in [2.24, 2.45) is 46.3 Å². The molecule has 6 nitrogen and oxygen atoms in total. The third kappa shape index (κ3) is 5.21. The maximum atomic E-state index is 10.4. The lowest BCUT2D eigenvalue weighted by Gasteiger charge is -2.58. The lowest BCUT2D eigenvalue weighted by Crippen LogP contribution is -2.51. The molecule has 4 N–H and O–H groups in total. The zero-order chi connectivity index (χ0) is 28.1. The Morgan fingerprint density at radius 2 is 1.77 bits per heavy atom. The molecule has 5 aliphatic rings. The van der Waals surface area contributed by atoms with Crippen molar-refractivity contribution in [3.63, 3.8) is 0 Å². The molecule has 0 aromatic carbocycles. The van der Waals surface area contributed by atoms with Gasteiger partial charge in [0.1, 0.15) is 6.10 Å². The number of allylic oxidation sites excluding steroid dienone is 1. The molecule has 0 amide bonds. The number of aliphatic hydroxyl groups is 4. The first kappa shape index (κ1) is 29.4. The van der Waals surface area contributed by atoms with Crippen molar-refractivity contribution in [2.75, 3.05) is 6.61 Å². The highest BCUT2D eigenvalue weighted by Crippen LogP contribution is 2.67. The van der Waals surface area contributed by atoms with Gasteiger partial charge in [0.25, 0.3) is 0 Å². The van der Waals surface area contributed by atoms with Gasteiger partial charge < -0.3 is 29.9 Å². The fourth-order valence-electron chi connectivity index (χ4n) is 9.94. The van der Waals surface area contributed by atoms with Crippen LogP contribution in [0.25, 0.3) is 0 Å². The minimum atomic E-state index is -1.45. The fraction of sp³-hybridized carbons (Fsp3) is 0.879. The maximum absolute atomic E-state index is 10.4. The first-order chi connectivity index (χ1) is 18.5. The van der Waals surface area contributed by atoms with Gasteiger partial charge in [-0.3, -0.25) is 0 Å². The average molecular weight is 547 g/mol. The molecule has 0 radical (unpaired) electrons. The Kier molecular flexibility index (Phi) is 8.52. The highest BCUT2D eigenvalue weighted by atomic mass is 16.7. The van der Waals surface area contributed by atoms with E-state index >= 15 is 0 Å². The third-order valence-corrected chi connectivity index (χ3v) is 12.2. The molecule has 39 heavy (non-hydrogen) atoms. The van der Waals surface area contributed by atoms with Gasteiger partial charge in [0.15, 0.2) is 23.9 Å². The average Bonchev–Trinajstić information content (AvgIpc) is 3.26. The zero-order valence-corrected chi connectivity index (χ0v) is 24.9. The van der Waals surface area contributed by atoms with Crippen LogP contribution in [0.5, 0.6) is 0 Å². The van der Waals surface area contributed by atoms with Crippen LogP contribution in [0.4, 0.5) is 0 Å². The molecular formula is C33H54O6. The predicted molar refractivity (Wildman–Crippen MR) is 152 cm³/mol. The van der Waals surface area contributed by atoms with Crippen molar-refractivity contribution < 1.29 is 29.9 Å². The van der Waals surface area contributed by atoms with E-state index in [4.69, 9.17) is 9.47 Å². The molecule has 222 valence electrons. The number of ether oxygens (including phenoxy) is 2. The van der Waals surface area contributed by atoms with Crippen molar-refractivity contribution in [3.05, 3.63) is 23.2 Å². The van der Waals surface area contributed by atoms with Crippen molar-refractivity contribution >= 4 is 0 Å². The molecule has 1 heterocycles. The summed E-state index contributed by atoms with van der Waals surface area (Å²) in [7, 11) is 0. The van der Waals surface area contributed by atoms with Crippen LogP contribution in [0.15, 0.2) is 23.2 Å². The second-order valence-electron chi connectivity index (χ2n) is 14.7. The van der Waals surface area contributed by atoms with Gasteiger partial charge in [0.05, 0.1) is 12.7 Å². The summed E-state index contributed by atoms with van der Waals surface area (Å²) in [5, 5.41) is 40.0. The second kappa shape index (κ2) is 11.3. The Morgan fingerprint density at radius 1 is 1.00 bits per heavy atom. The SMILES string of the molecule is CC(C)CCC[C@@H](C)[C@H]1CCC2C3CC=C4CC(O[C@H]5OC(CO)C(O)=C(O)C5O)CC[C@]4(C)C3CC[C@@]21C. The van der Waals surface area contributed by atoms with Crippen molar-refractivity contribution in [2.45, 2.75) is 130 Å². The number of hydrogen-bond acceptors (Lipinski definition) is 6. The van der Waals surface area contributed by atoms with Crippen molar-refractivity contribution in [3.8, 4) is 0 Å². The molecule has 0 aromatic rings. The van der Waals surface area contributed by atoms with Gasteiger partial charge in [-0.15, -0.1) is 0 Å². The van der Waals surface area contributed by atoms with Gasteiger partial charge in [0, 0.05) is 0 Å². The summed E-state index contributed by atoms with van der Waals surface area (Å²) < 4.78 is 11.8. The quantitative estimate of drug-likeness (QED) is 0.249. The topological polar surface area (TPSA) is 99.4 Å². The molecule has 3 fully saturated rings. The Labute approximate surface area is 235 Å². The molecule has 1 aliphatic heterocycles. The van der Waals surface area contributed by atoms with Crippen molar-refractivity contribution in [1.82, 2.24) is 0 Å². The van der Waals surface area contributed by atoms with E-state index in [1.165, 1.54) is 56.9 Å². The van der Waals surface area contributed by atoms with Crippen LogP contribution in [-0.4, -0.2) is 51.6 Å². The Bertz CT molecular complexity index is 942. The van der Waals surface area contributed by atoms with Crippen LogP contribution >= 0.6 is 0 Å². The second-order valence-corrected chi connectivity index (χ2v) is 14.7. The Morgan fingerprint density at radius 3 is 2.49 bits per heavy atom. The lowest BCUT2D eigenvalue weighted by molar-refractivity contribution is -0.251. The highest BCUT2D eigenvalue weighted by Gasteiger charge is 2.59. The van der Waals surface area contributed by atoms with Gasteiger partial charge in [-0.25, -0.2) is 0 Å². The van der Waals surface area contributed by atoms with Crippen LogP contribution in [0, 0.1) is 46.3 Å². The monoisotopic (exact) mass is 546 g/mol. The maximum Gasteiger partial charge on any atom is 0.192 e. The highest BCUT2D eigenvalue weighted by molar-refractivity contribution is 5.25. The van der Waals surface area contributed by atoms with E-state index in [2.05, 4.69) is 40.7 Å². The Balaban J connectivity index is 1.25. The largest absolute Gasteiger partial charge is 0.506 e. The number of rotatable bonds is 8. The molecular weight excluding hydrogens is 492 g/mol. The summed E-state index contributed by atoms with van der Waals surface area (Å²) >= 11 is 0. The van der Waals surface area contributed by atoms with E-state index in [1.807, 2.05) is 0 Å². The number of fused-ring (bicyclic) bond motifs is 5. The van der Waals surface area contributed by atoms with E-state index in [-0.39, 0.29) is 11.5 Å². The molecule has 6 unspecified atom stereocenters. The van der Waals surface area contributed by atoms with Crippen LogP contribution in [0.1, 0.15) is 105 Å². The molecule has 0 spiro atoms. The normalized spacial score (nSPS) is 45.0. The van der Waals surface area contributed by atoms with Crippen molar-refractivity contribution in [1.29, 1.82) is 0 Å². The first-order valence-electron chi connectivity index (χ1n) is 15.9. The zero-order valence-electron chi connectivity index (χ0n) is 24.9. The van der Waals surface area contributed by atoms with Gasteiger partial charge in [-0.1, -0.05) is 65.5 Å². The molecule has 0 bridgehead atoms. The van der Waals surface area contributed by atoms with Gasteiger partial charge in [-0.2, -0.15) is 0 Å². The lowest BCUT2D eigenvalue weighted by atomic mass is 9.47. The molecule has 4 aliphatic carbocycles. The number of aliphatic hydroxyl groups excluding tert-OH is 4. The Hall–Kier alpha value is -1.08. The summed E-state index contributed by atoms with van der Waals surface area (Å²) in [6.07, 6.45) is 12.3. The molecule has 0 aromatic heterocycles. The minimum Gasteiger partial charge on any atom is -0.506 e. The molecule has 6 heteroatoms. The summed E-state index contributed by atoms with van der Waals surface area (Å²) in [5.41, 5.74) is 2.18. The van der Waals surface area contributed by atoms with Gasteiger partial charge >= 0.3 is 0 Å². The minimum absolute atomic E-state index is 0.121. The van der Waals surface area contributed by atoms with E-state index in [1.54, 1.807) is 0 Å². The first-order valence-corrected chi connectivity index (χ1v) is 15.9. The van der Waals surface area contributed by atoms with Crippen LogP contribution in [0.2, 0.25) is 0 Å². The molecule has 11 atom stereocenters.